The fraction of sp³-hybridized carbons (Fsp3) is 0.250. The lowest BCUT2D eigenvalue weighted by Crippen LogP contribution is -2.36. The van der Waals surface area contributed by atoms with Crippen molar-refractivity contribution in [3.8, 4) is 0 Å². The minimum Gasteiger partial charge on any atom is -0.333 e. The summed E-state index contributed by atoms with van der Waals surface area (Å²) >= 11 is 0. The van der Waals surface area contributed by atoms with Crippen LogP contribution in [0.1, 0.15) is 6.92 Å². The van der Waals surface area contributed by atoms with Gasteiger partial charge in [-0.15, -0.1) is 0 Å². The summed E-state index contributed by atoms with van der Waals surface area (Å²) in [5, 5.41) is 0. The monoisotopic (exact) mass is 154 g/mol. The molecule has 1 rings (SSSR count). The standard InChI is InChI=1S/C8H11FN2/c1-2-5-11-6-3-4-7(9)8(11)10/h2-6,8H,10H2,1H3. The van der Waals surface area contributed by atoms with Gasteiger partial charge in [0.25, 0.3) is 0 Å². The van der Waals surface area contributed by atoms with Crippen molar-refractivity contribution >= 4 is 0 Å². The van der Waals surface area contributed by atoms with Gasteiger partial charge < -0.3 is 10.6 Å². The van der Waals surface area contributed by atoms with E-state index in [9.17, 15) is 4.39 Å². The third-order valence-corrected chi connectivity index (χ3v) is 1.44. The number of nitrogens with two attached hydrogens (primary N) is 1. The van der Waals surface area contributed by atoms with Gasteiger partial charge in [0.15, 0.2) is 0 Å². The summed E-state index contributed by atoms with van der Waals surface area (Å²) in [6.07, 6.45) is 7.60. The Morgan fingerprint density at radius 1 is 1.73 bits per heavy atom. The fourth-order valence-electron chi connectivity index (χ4n) is 0.883. The van der Waals surface area contributed by atoms with Gasteiger partial charge in [0.05, 0.1) is 0 Å². The smallest absolute Gasteiger partial charge is 0.137 e. The van der Waals surface area contributed by atoms with Crippen molar-refractivity contribution in [3.05, 3.63) is 36.5 Å². The van der Waals surface area contributed by atoms with Crippen LogP contribution in [0.4, 0.5) is 4.39 Å². The lowest BCUT2D eigenvalue weighted by molar-refractivity contribution is 0.353. The molecule has 0 aromatic rings. The normalized spacial score (nSPS) is 24.5. The van der Waals surface area contributed by atoms with Crippen LogP contribution in [0, 0.1) is 0 Å². The van der Waals surface area contributed by atoms with E-state index >= 15 is 0 Å². The van der Waals surface area contributed by atoms with Crippen molar-refractivity contribution < 1.29 is 4.39 Å². The quantitative estimate of drug-likeness (QED) is 0.620. The number of hydrogen-bond donors (Lipinski definition) is 1. The number of hydrogen-bond acceptors (Lipinski definition) is 2. The van der Waals surface area contributed by atoms with Crippen molar-refractivity contribution in [3.63, 3.8) is 0 Å². The highest BCUT2D eigenvalue weighted by molar-refractivity contribution is 5.18. The number of nitrogens with zero attached hydrogens (tertiary/aromatic N) is 1. The molecule has 1 atom stereocenters. The van der Waals surface area contributed by atoms with Gasteiger partial charge in [-0.1, -0.05) is 6.08 Å². The maximum atomic E-state index is 12.8. The first kappa shape index (κ1) is 8.01. The molecule has 0 aliphatic carbocycles. The predicted molar refractivity (Wildman–Crippen MR) is 43.0 cm³/mol. The van der Waals surface area contributed by atoms with Crippen molar-refractivity contribution in [2.24, 2.45) is 5.73 Å². The van der Waals surface area contributed by atoms with E-state index in [2.05, 4.69) is 0 Å². The van der Waals surface area contributed by atoms with Crippen molar-refractivity contribution in [2.45, 2.75) is 13.1 Å². The molecular weight excluding hydrogens is 143 g/mol. The average Bonchev–Trinajstić information content (AvgIpc) is 1.99. The zero-order valence-electron chi connectivity index (χ0n) is 6.37. The molecule has 1 aliphatic rings. The van der Waals surface area contributed by atoms with E-state index in [1.807, 2.05) is 13.0 Å². The maximum Gasteiger partial charge on any atom is 0.137 e. The molecule has 0 amide bonds. The molecule has 0 saturated heterocycles. The van der Waals surface area contributed by atoms with E-state index < -0.39 is 6.17 Å². The SMILES string of the molecule is CC=CN1C=CC=C(F)C1N. The highest BCUT2D eigenvalue weighted by Gasteiger charge is 2.14. The molecule has 0 fully saturated rings. The molecule has 11 heavy (non-hydrogen) atoms. The first-order chi connectivity index (χ1) is 5.25. The van der Waals surface area contributed by atoms with Crippen LogP contribution in [-0.4, -0.2) is 11.1 Å². The molecule has 0 aromatic heterocycles. The van der Waals surface area contributed by atoms with Gasteiger partial charge in [-0.25, -0.2) is 4.39 Å². The van der Waals surface area contributed by atoms with Crippen LogP contribution in [-0.2, 0) is 0 Å². The molecule has 1 aliphatic heterocycles. The van der Waals surface area contributed by atoms with Crippen molar-refractivity contribution in [2.75, 3.05) is 0 Å². The van der Waals surface area contributed by atoms with Crippen molar-refractivity contribution in [1.29, 1.82) is 0 Å². The third kappa shape index (κ3) is 1.68. The molecule has 60 valence electrons. The predicted octanol–water partition coefficient (Wildman–Crippen LogP) is 1.49. The van der Waals surface area contributed by atoms with Crippen molar-refractivity contribution in [1.82, 2.24) is 4.90 Å². The number of halogens is 1. The Kier molecular flexibility index (Phi) is 2.44. The zero-order valence-corrected chi connectivity index (χ0v) is 6.37. The minimum atomic E-state index is -0.656. The molecule has 2 N–H and O–H groups in total. The Morgan fingerprint density at radius 3 is 3.09 bits per heavy atom. The Balaban J connectivity index is 2.73. The van der Waals surface area contributed by atoms with Crippen LogP contribution >= 0.6 is 0 Å². The zero-order chi connectivity index (χ0) is 8.27. The molecule has 0 spiro atoms. The Labute approximate surface area is 65.5 Å². The molecule has 3 heteroatoms. The van der Waals surface area contributed by atoms with Gasteiger partial charge in [0.2, 0.25) is 0 Å². The van der Waals surface area contributed by atoms with E-state index in [1.54, 1.807) is 23.4 Å². The second-order valence-electron chi connectivity index (χ2n) is 2.27. The molecule has 0 bridgehead atoms. The van der Waals surface area contributed by atoms with Crippen LogP contribution < -0.4 is 5.73 Å². The summed E-state index contributed by atoms with van der Waals surface area (Å²) in [5.41, 5.74) is 5.49. The summed E-state index contributed by atoms with van der Waals surface area (Å²) in [6.45, 7) is 1.86. The van der Waals surface area contributed by atoms with Crippen LogP contribution in [0.2, 0.25) is 0 Å². The Morgan fingerprint density at radius 2 is 2.45 bits per heavy atom. The van der Waals surface area contributed by atoms with Crippen LogP contribution in [0.3, 0.4) is 0 Å². The molecular formula is C8H11FN2. The van der Waals surface area contributed by atoms with E-state index in [0.29, 0.717) is 0 Å². The summed E-state index contributed by atoms with van der Waals surface area (Å²) < 4.78 is 12.8. The molecule has 2 nitrogen and oxygen atoms in total. The lowest BCUT2D eigenvalue weighted by Gasteiger charge is -2.24. The van der Waals surface area contributed by atoms with Gasteiger partial charge in [0.1, 0.15) is 12.0 Å². The summed E-state index contributed by atoms with van der Waals surface area (Å²) in [6, 6.07) is 0. The van der Waals surface area contributed by atoms with E-state index in [1.165, 1.54) is 6.08 Å². The van der Waals surface area contributed by atoms with E-state index in [0.717, 1.165) is 0 Å². The number of allylic oxidation sites excluding steroid dienone is 3. The first-order valence-electron chi connectivity index (χ1n) is 3.45. The second-order valence-corrected chi connectivity index (χ2v) is 2.27. The van der Waals surface area contributed by atoms with E-state index in [-0.39, 0.29) is 5.83 Å². The summed E-state index contributed by atoms with van der Waals surface area (Å²) in [5.74, 6) is -0.314. The highest BCUT2D eigenvalue weighted by Crippen LogP contribution is 2.13. The van der Waals surface area contributed by atoms with Gasteiger partial charge in [-0.3, -0.25) is 0 Å². The van der Waals surface area contributed by atoms with Gasteiger partial charge in [0, 0.05) is 12.4 Å². The highest BCUT2D eigenvalue weighted by atomic mass is 19.1. The summed E-state index contributed by atoms with van der Waals surface area (Å²) in [4.78, 5) is 1.61. The van der Waals surface area contributed by atoms with Gasteiger partial charge >= 0.3 is 0 Å². The first-order valence-corrected chi connectivity index (χ1v) is 3.45. The Bertz CT molecular complexity index is 218. The molecule has 1 unspecified atom stereocenters. The fourth-order valence-corrected chi connectivity index (χ4v) is 0.883. The maximum absolute atomic E-state index is 12.8. The topological polar surface area (TPSA) is 29.3 Å². The van der Waals surface area contributed by atoms with Crippen LogP contribution in [0.5, 0.6) is 0 Å². The third-order valence-electron chi connectivity index (χ3n) is 1.44. The lowest BCUT2D eigenvalue weighted by atomic mass is 10.3. The molecule has 1 heterocycles. The second kappa shape index (κ2) is 3.34. The van der Waals surface area contributed by atoms with E-state index in [4.69, 9.17) is 5.73 Å². The van der Waals surface area contributed by atoms with Gasteiger partial charge in [-0.05, 0) is 19.1 Å². The molecule has 0 aromatic carbocycles. The number of rotatable bonds is 1. The molecule has 0 radical (unpaired) electrons. The Hall–Kier alpha value is -1.09. The van der Waals surface area contributed by atoms with Crippen LogP contribution in [0.25, 0.3) is 0 Å². The minimum absolute atomic E-state index is 0.314. The summed E-state index contributed by atoms with van der Waals surface area (Å²) in [7, 11) is 0. The average molecular weight is 154 g/mol. The molecule has 0 saturated carbocycles. The van der Waals surface area contributed by atoms with Gasteiger partial charge in [-0.2, -0.15) is 0 Å². The van der Waals surface area contributed by atoms with Crippen LogP contribution in [0.15, 0.2) is 36.5 Å². The largest absolute Gasteiger partial charge is 0.333 e.